The number of carbonyl (C=O) groups excluding carboxylic acids is 2. The summed E-state index contributed by atoms with van der Waals surface area (Å²) in [6, 6.07) is 14.7. The third kappa shape index (κ3) is 4.67. The summed E-state index contributed by atoms with van der Waals surface area (Å²) in [5.74, 6) is 0.172. The van der Waals surface area contributed by atoms with E-state index < -0.39 is 6.03 Å². The fourth-order valence-electron chi connectivity index (χ4n) is 4.19. The van der Waals surface area contributed by atoms with Crippen molar-refractivity contribution in [3.63, 3.8) is 0 Å². The molecule has 30 heavy (non-hydrogen) atoms. The van der Waals surface area contributed by atoms with Gasteiger partial charge in [0.15, 0.2) is 0 Å². The van der Waals surface area contributed by atoms with E-state index in [4.69, 9.17) is 0 Å². The number of benzene rings is 2. The minimum atomic E-state index is -0.555. The normalized spacial score (nSPS) is 22.4. The van der Waals surface area contributed by atoms with E-state index >= 15 is 0 Å². The topological polar surface area (TPSA) is 73.8 Å². The molecule has 4 amide bonds. The Kier molecular flexibility index (Phi) is 6.07. The quantitative estimate of drug-likeness (QED) is 0.777. The maximum absolute atomic E-state index is 13.1. The van der Waals surface area contributed by atoms with Crippen molar-refractivity contribution >= 4 is 23.6 Å². The van der Waals surface area contributed by atoms with Crippen molar-refractivity contribution in [3.05, 3.63) is 66.0 Å². The molecule has 2 aliphatic rings. The molecule has 1 aliphatic heterocycles. The highest BCUT2D eigenvalue weighted by Crippen LogP contribution is 2.30. The lowest BCUT2D eigenvalue weighted by molar-refractivity contribution is 0.190. The molecule has 2 unspecified atom stereocenters. The lowest BCUT2D eigenvalue weighted by atomic mass is 9.82. The molecule has 6 nitrogen and oxygen atoms in total. The zero-order valence-electron chi connectivity index (χ0n) is 16.7. The van der Waals surface area contributed by atoms with Crippen molar-refractivity contribution in [2.24, 2.45) is 10.9 Å². The van der Waals surface area contributed by atoms with Crippen molar-refractivity contribution in [3.8, 4) is 0 Å². The number of anilines is 1. The summed E-state index contributed by atoms with van der Waals surface area (Å²) in [7, 11) is 0. The summed E-state index contributed by atoms with van der Waals surface area (Å²) < 4.78 is 13.1. The lowest BCUT2D eigenvalue weighted by Crippen LogP contribution is -2.61. The second kappa shape index (κ2) is 9.07. The fourth-order valence-corrected chi connectivity index (χ4v) is 4.19. The van der Waals surface area contributed by atoms with Gasteiger partial charge in [-0.2, -0.15) is 4.99 Å². The number of rotatable bonds is 4. The minimum absolute atomic E-state index is 0.0107. The van der Waals surface area contributed by atoms with Gasteiger partial charge in [-0.3, -0.25) is 4.90 Å². The Morgan fingerprint density at radius 3 is 2.60 bits per heavy atom. The Labute approximate surface area is 175 Å². The van der Waals surface area contributed by atoms with Gasteiger partial charge in [0, 0.05) is 24.2 Å². The van der Waals surface area contributed by atoms with Crippen LogP contribution in [-0.2, 0) is 6.42 Å². The average molecular weight is 408 g/mol. The van der Waals surface area contributed by atoms with Crippen LogP contribution in [0.15, 0.2) is 59.6 Å². The summed E-state index contributed by atoms with van der Waals surface area (Å²) in [6.45, 7) is 0.446. The first-order valence-electron chi connectivity index (χ1n) is 10.4. The van der Waals surface area contributed by atoms with Gasteiger partial charge in [0.05, 0.1) is 0 Å². The number of hydrogen-bond acceptors (Lipinski definition) is 2. The Balaban J connectivity index is 1.56. The zero-order chi connectivity index (χ0) is 20.9. The van der Waals surface area contributed by atoms with Gasteiger partial charge in [0.1, 0.15) is 11.7 Å². The molecule has 2 aromatic rings. The van der Waals surface area contributed by atoms with Crippen LogP contribution in [0.1, 0.15) is 31.2 Å². The van der Waals surface area contributed by atoms with E-state index in [1.165, 1.54) is 24.3 Å². The van der Waals surface area contributed by atoms with E-state index in [9.17, 15) is 14.0 Å². The van der Waals surface area contributed by atoms with Crippen molar-refractivity contribution < 1.29 is 14.0 Å². The largest absolute Gasteiger partial charge is 0.347 e. The molecule has 0 radical (unpaired) electrons. The highest BCUT2D eigenvalue weighted by Gasteiger charge is 2.40. The molecule has 0 spiro atoms. The molecule has 2 fully saturated rings. The second-order valence-electron chi connectivity index (χ2n) is 7.74. The standard InChI is InChI=1S/C23H25FN4O2/c24-17-10-12-18(13-11-17)25-22(29)27-21-19-8-4-5-9-20(19)26-23(30)28(21)15-14-16-6-2-1-3-7-16/h1-3,6-7,10-13,19-20H,4-5,8-9,14-15H2,(H,25,29)(H,26,30)/b27-21+. The minimum Gasteiger partial charge on any atom is -0.334 e. The summed E-state index contributed by atoms with van der Waals surface area (Å²) in [4.78, 5) is 31.4. The van der Waals surface area contributed by atoms with Crippen LogP contribution in [0.2, 0.25) is 0 Å². The molecule has 1 aliphatic carbocycles. The lowest BCUT2D eigenvalue weighted by Gasteiger charge is -2.42. The van der Waals surface area contributed by atoms with Crippen LogP contribution < -0.4 is 10.6 Å². The van der Waals surface area contributed by atoms with Crippen LogP contribution >= 0.6 is 0 Å². The Morgan fingerprint density at radius 1 is 1.10 bits per heavy atom. The van der Waals surface area contributed by atoms with Gasteiger partial charge in [-0.05, 0) is 49.1 Å². The summed E-state index contributed by atoms with van der Waals surface area (Å²) in [5, 5.41) is 5.77. The van der Waals surface area contributed by atoms with Gasteiger partial charge >= 0.3 is 12.1 Å². The number of hydrogen-bond donors (Lipinski definition) is 2. The van der Waals surface area contributed by atoms with Gasteiger partial charge < -0.3 is 10.6 Å². The number of nitrogens with zero attached hydrogens (tertiary/aromatic N) is 2. The predicted molar refractivity (Wildman–Crippen MR) is 114 cm³/mol. The Bertz CT molecular complexity index is 930. The molecule has 0 aromatic heterocycles. The summed E-state index contributed by atoms with van der Waals surface area (Å²) in [5.41, 5.74) is 1.58. The van der Waals surface area contributed by atoms with Gasteiger partial charge in [-0.25, -0.2) is 14.0 Å². The molecule has 1 saturated heterocycles. The molecular weight excluding hydrogens is 383 g/mol. The molecule has 2 N–H and O–H groups in total. The smallest absolute Gasteiger partial charge is 0.334 e. The molecule has 2 aromatic carbocycles. The maximum atomic E-state index is 13.1. The number of nitrogens with one attached hydrogen (secondary N) is 2. The number of aliphatic imine (C=N–C) groups is 1. The van der Waals surface area contributed by atoms with Crippen LogP contribution in [0.4, 0.5) is 19.7 Å². The molecule has 1 heterocycles. The fraction of sp³-hybridized carbons (Fsp3) is 0.348. The van der Waals surface area contributed by atoms with Gasteiger partial charge in [0.2, 0.25) is 0 Å². The third-order valence-electron chi connectivity index (χ3n) is 5.71. The SMILES string of the molecule is O=C(/N=C1\C2CCCCC2NC(=O)N1CCc1ccccc1)Nc1ccc(F)cc1. The maximum Gasteiger partial charge on any atom is 0.347 e. The van der Waals surface area contributed by atoms with Crippen molar-refractivity contribution in [2.75, 3.05) is 11.9 Å². The van der Waals surface area contributed by atoms with Crippen molar-refractivity contribution in [1.82, 2.24) is 10.2 Å². The van der Waals surface area contributed by atoms with Gasteiger partial charge in [-0.15, -0.1) is 0 Å². The van der Waals surface area contributed by atoms with Crippen LogP contribution in [0, 0.1) is 11.7 Å². The highest BCUT2D eigenvalue weighted by molar-refractivity contribution is 6.08. The predicted octanol–water partition coefficient (Wildman–Crippen LogP) is 4.58. The van der Waals surface area contributed by atoms with Crippen LogP contribution in [0.3, 0.4) is 0 Å². The zero-order valence-corrected chi connectivity index (χ0v) is 16.7. The molecular formula is C23H25FN4O2. The van der Waals surface area contributed by atoms with E-state index in [0.717, 1.165) is 31.2 Å². The highest BCUT2D eigenvalue weighted by atomic mass is 19.1. The molecule has 2 atom stereocenters. The van der Waals surface area contributed by atoms with E-state index in [1.807, 2.05) is 30.3 Å². The Morgan fingerprint density at radius 2 is 1.83 bits per heavy atom. The van der Waals surface area contributed by atoms with Crippen LogP contribution in [0.25, 0.3) is 0 Å². The monoisotopic (exact) mass is 408 g/mol. The molecule has 4 rings (SSSR count). The summed E-state index contributed by atoms with van der Waals surface area (Å²) >= 11 is 0. The number of halogens is 1. The van der Waals surface area contributed by atoms with E-state index in [2.05, 4.69) is 15.6 Å². The average Bonchev–Trinajstić information content (AvgIpc) is 2.75. The van der Waals surface area contributed by atoms with Gasteiger partial charge in [0.25, 0.3) is 0 Å². The van der Waals surface area contributed by atoms with Crippen molar-refractivity contribution in [1.29, 1.82) is 0 Å². The molecule has 1 saturated carbocycles. The van der Waals surface area contributed by atoms with E-state index in [0.29, 0.717) is 24.5 Å². The number of urea groups is 2. The Hall–Kier alpha value is -3.22. The van der Waals surface area contributed by atoms with Crippen LogP contribution in [0.5, 0.6) is 0 Å². The number of carbonyl (C=O) groups is 2. The van der Waals surface area contributed by atoms with Gasteiger partial charge in [-0.1, -0.05) is 43.2 Å². The second-order valence-corrected chi connectivity index (χ2v) is 7.74. The molecule has 0 bridgehead atoms. The first-order valence-corrected chi connectivity index (χ1v) is 10.4. The number of fused-ring (bicyclic) bond motifs is 1. The molecule has 156 valence electrons. The molecule has 7 heteroatoms. The first-order chi connectivity index (χ1) is 14.6. The van der Waals surface area contributed by atoms with E-state index in [1.54, 1.807) is 4.90 Å². The third-order valence-corrected chi connectivity index (χ3v) is 5.71. The number of amidine groups is 1. The number of amides is 4. The summed E-state index contributed by atoms with van der Waals surface area (Å²) in [6.07, 6.45) is 4.55. The first kappa shape index (κ1) is 20.1. The van der Waals surface area contributed by atoms with Crippen molar-refractivity contribution in [2.45, 2.75) is 38.1 Å². The van der Waals surface area contributed by atoms with E-state index in [-0.39, 0.29) is 23.8 Å². The van der Waals surface area contributed by atoms with Crippen LogP contribution in [-0.4, -0.2) is 35.4 Å².